The molecule has 1 amide bonds. The number of benzene rings is 1. The van der Waals surface area contributed by atoms with E-state index >= 15 is 0 Å². The first-order valence-electron chi connectivity index (χ1n) is 5.56. The third kappa shape index (κ3) is 2.93. The second-order valence-corrected chi connectivity index (χ2v) is 4.12. The lowest BCUT2D eigenvalue weighted by atomic mass is 10.1. The summed E-state index contributed by atoms with van der Waals surface area (Å²) in [6, 6.07) is 8.56. The second-order valence-electron chi connectivity index (χ2n) is 4.12. The molecule has 2 rings (SSSR count). The Morgan fingerprint density at radius 2 is 2.00 bits per heavy atom. The summed E-state index contributed by atoms with van der Waals surface area (Å²) in [7, 11) is 0. The number of hydrogen-bond donors (Lipinski definition) is 3. The van der Waals surface area contributed by atoms with Crippen molar-refractivity contribution in [3.8, 4) is 0 Å². The van der Waals surface area contributed by atoms with Gasteiger partial charge in [0.1, 0.15) is 0 Å². The Labute approximate surface area is 99.6 Å². The molecule has 3 N–H and O–H groups in total. The molecule has 0 radical (unpaired) electrons. The van der Waals surface area contributed by atoms with E-state index in [2.05, 4.69) is 5.32 Å². The summed E-state index contributed by atoms with van der Waals surface area (Å²) in [4.78, 5) is 11.7. The van der Waals surface area contributed by atoms with Crippen molar-refractivity contribution in [2.45, 2.75) is 24.7 Å². The molecule has 0 heterocycles. The lowest BCUT2D eigenvalue weighted by molar-refractivity contribution is -0.130. The van der Waals surface area contributed by atoms with Gasteiger partial charge in [-0.3, -0.25) is 4.79 Å². The minimum absolute atomic E-state index is 0.198. The molecule has 1 aliphatic carbocycles. The fraction of sp³-hybridized carbons (Fsp3) is 0.308. The molecule has 4 heteroatoms. The van der Waals surface area contributed by atoms with Gasteiger partial charge in [-0.1, -0.05) is 42.5 Å². The van der Waals surface area contributed by atoms with E-state index in [4.69, 9.17) is 0 Å². The summed E-state index contributed by atoms with van der Waals surface area (Å²) >= 11 is 0. The lowest BCUT2D eigenvalue weighted by Crippen LogP contribution is -2.36. The normalized spacial score (nSPS) is 24.6. The molecule has 0 bridgehead atoms. The number of amides is 1. The summed E-state index contributed by atoms with van der Waals surface area (Å²) < 4.78 is 0. The van der Waals surface area contributed by atoms with Crippen LogP contribution in [0.25, 0.3) is 0 Å². The zero-order chi connectivity index (χ0) is 12.3. The molecule has 90 valence electrons. The first-order chi connectivity index (χ1) is 8.16. The maximum Gasteiger partial charge on any atom is 0.253 e. The van der Waals surface area contributed by atoms with Crippen molar-refractivity contribution < 1.29 is 15.0 Å². The Kier molecular flexibility index (Phi) is 3.56. The third-order valence-electron chi connectivity index (χ3n) is 2.75. The van der Waals surface area contributed by atoms with Crippen LogP contribution >= 0.6 is 0 Å². The van der Waals surface area contributed by atoms with Crippen molar-refractivity contribution in [2.75, 3.05) is 0 Å². The molecule has 1 aromatic carbocycles. The average molecular weight is 233 g/mol. The molecule has 0 saturated carbocycles. The Morgan fingerprint density at radius 3 is 2.59 bits per heavy atom. The molecule has 4 nitrogen and oxygen atoms in total. The number of carbonyl (C=O) groups is 1. The molecular weight excluding hydrogens is 218 g/mol. The van der Waals surface area contributed by atoms with Crippen LogP contribution in [0.5, 0.6) is 0 Å². The highest BCUT2D eigenvalue weighted by Gasteiger charge is 2.23. The standard InChI is InChI=1S/C13H15NO3/c15-11-7-6-10(8-11)14-13(17)12(16)9-4-2-1-3-5-9/h1-7,10-12,15-16H,8H2,(H,14,17)/t10-,11+,12+/m0/s1. The third-order valence-corrected chi connectivity index (χ3v) is 2.75. The Morgan fingerprint density at radius 1 is 1.29 bits per heavy atom. The van der Waals surface area contributed by atoms with E-state index in [-0.39, 0.29) is 6.04 Å². The summed E-state index contributed by atoms with van der Waals surface area (Å²) in [6.07, 6.45) is 2.17. The summed E-state index contributed by atoms with van der Waals surface area (Å²) in [5, 5.41) is 21.8. The summed E-state index contributed by atoms with van der Waals surface area (Å²) in [5.74, 6) is -0.444. The van der Waals surface area contributed by atoms with E-state index in [1.54, 1.807) is 36.4 Å². The van der Waals surface area contributed by atoms with Gasteiger partial charge in [-0.05, 0) is 5.56 Å². The van der Waals surface area contributed by atoms with Crippen LogP contribution in [0, 0.1) is 0 Å². The van der Waals surface area contributed by atoms with Crippen LogP contribution in [-0.4, -0.2) is 28.3 Å². The van der Waals surface area contributed by atoms with Crippen LogP contribution in [0.3, 0.4) is 0 Å². The number of carbonyl (C=O) groups excluding carboxylic acids is 1. The zero-order valence-electron chi connectivity index (χ0n) is 9.28. The van der Waals surface area contributed by atoms with Gasteiger partial charge in [0.15, 0.2) is 6.10 Å². The van der Waals surface area contributed by atoms with E-state index < -0.39 is 18.1 Å². The Hall–Kier alpha value is -1.65. The highest BCUT2D eigenvalue weighted by Crippen LogP contribution is 2.15. The predicted octanol–water partition coefficient (Wildman–Crippen LogP) is 0.526. The van der Waals surface area contributed by atoms with Crippen LogP contribution < -0.4 is 5.32 Å². The SMILES string of the molecule is O=C(N[C@H]1C=C[C@@H](O)C1)[C@H](O)c1ccccc1. The molecule has 0 aromatic heterocycles. The quantitative estimate of drug-likeness (QED) is 0.667. The molecule has 0 saturated heterocycles. The van der Waals surface area contributed by atoms with Gasteiger partial charge in [0, 0.05) is 6.42 Å². The number of hydrogen-bond acceptors (Lipinski definition) is 3. The molecule has 0 aliphatic heterocycles. The molecule has 0 unspecified atom stereocenters. The van der Waals surface area contributed by atoms with E-state index in [9.17, 15) is 15.0 Å². The molecule has 17 heavy (non-hydrogen) atoms. The highest BCUT2D eigenvalue weighted by atomic mass is 16.3. The van der Waals surface area contributed by atoms with E-state index in [0.717, 1.165) is 0 Å². The van der Waals surface area contributed by atoms with Crippen LogP contribution in [0.15, 0.2) is 42.5 Å². The Balaban J connectivity index is 1.94. The molecule has 0 spiro atoms. The van der Waals surface area contributed by atoms with Crippen LogP contribution in [0.2, 0.25) is 0 Å². The van der Waals surface area contributed by atoms with Gasteiger partial charge in [0.2, 0.25) is 0 Å². The highest BCUT2D eigenvalue weighted by molar-refractivity contribution is 5.82. The first-order valence-corrected chi connectivity index (χ1v) is 5.56. The number of rotatable bonds is 3. The minimum Gasteiger partial charge on any atom is -0.389 e. The van der Waals surface area contributed by atoms with Crippen molar-refractivity contribution in [3.05, 3.63) is 48.0 Å². The number of aliphatic hydroxyl groups excluding tert-OH is 2. The van der Waals surface area contributed by atoms with Gasteiger partial charge in [-0.25, -0.2) is 0 Å². The molecule has 3 atom stereocenters. The van der Waals surface area contributed by atoms with Crippen LogP contribution in [0.1, 0.15) is 18.1 Å². The van der Waals surface area contributed by atoms with E-state index in [0.29, 0.717) is 12.0 Å². The largest absolute Gasteiger partial charge is 0.389 e. The maximum atomic E-state index is 11.7. The molecule has 1 aromatic rings. The molecule has 0 fully saturated rings. The van der Waals surface area contributed by atoms with Gasteiger partial charge in [0.25, 0.3) is 5.91 Å². The minimum atomic E-state index is -1.16. The summed E-state index contributed by atoms with van der Waals surface area (Å²) in [5.41, 5.74) is 0.563. The van der Waals surface area contributed by atoms with E-state index in [1.165, 1.54) is 0 Å². The Bertz CT molecular complexity index is 416. The summed E-state index contributed by atoms with van der Waals surface area (Å²) in [6.45, 7) is 0. The van der Waals surface area contributed by atoms with Gasteiger partial charge in [-0.15, -0.1) is 0 Å². The smallest absolute Gasteiger partial charge is 0.253 e. The van der Waals surface area contributed by atoms with Crippen molar-refractivity contribution in [3.63, 3.8) is 0 Å². The fourth-order valence-corrected chi connectivity index (χ4v) is 1.84. The van der Waals surface area contributed by atoms with Gasteiger partial charge in [-0.2, -0.15) is 0 Å². The average Bonchev–Trinajstić information content (AvgIpc) is 2.75. The predicted molar refractivity (Wildman–Crippen MR) is 63.1 cm³/mol. The molecule has 1 aliphatic rings. The lowest BCUT2D eigenvalue weighted by Gasteiger charge is -2.15. The fourth-order valence-electron chi connectivity index (χ4n) is 1.84. The second kappa shape index (κ2) is 5.12. The monoisotopic (exact) mass is 233 g/mol. The van der Waals surface area contributed by atoms with Crippen molar-refractivity contribution in [1.82, 2.24) is 5.32 Å². The van der Waals surface area contributed by atoms with E-state index in [1.807, 2.05) is 6.07 Å². The first kappa shape index (κ1) is 11.8. The van der Waals surface area contributed by atoms with Crippen molar-refractivity contribution >= 4 is 5.91 Å². The van der Waals surface area contributed by atoms with Gasteiger partial charge < -0.3 is 15.5 Å². The molecular formula is C13H15NO3. The van der Waals surface area contributed by atoms with Crippen molar-refractivity contribution in [2.24, 2.45) is 0 Å². The van der Waals surface area contributed by atoms with Crippen LogP contribution in [0.4, 0.5) is 0 Å². The van der Waals surface area contributed by atoms with Gasteiger partial charge in [0.05, 0.1) is 12.1 Å². The topological polar surface area (TPSA) is 69.6 Å². The zero-order valence-corrected chi connectivity index (χ0v) is 9.28. The number of aliphatic hydroxyl groups is 2. The number of nitrogens with one attached hydrogen (secondary N) is 1. The van der Waals surface area contributed by atoms with Crippen LogP contribution in [-0.2, 0) is 4.79 Å². The van der Waals surface area contributed by atoms with Gasteiger partial charge >= 0.3 is 0 Å². The van der Waals surface area contributed by atoms with Crippen molar-refractivity contribution in [1.29, 1.82) is 0 Å². The maximum absolute atomic E-state index is 11.7.